The van der Waals surface area contributed by atoms with Crippen LogP contribution < -0.4 is 10.2 Å². The number of nitrogens with zero attached hydrogens (tertiary/aromatic N) is 3. The fourth-order valence-corrected chi connectivity index (χ4v) is 6.26. The predicted molar refractivity (Wildman–Crippen MR) is 143 cm³/mol. The number of hydrogen-bond donors (Lipinski definition) is 1. The molecular formula is C27H31ClN4OS. The number of nitrogens with one attached hydrogen (secondary N) is 1. The summed E-state index contributed by atoms with van der Waals surface area (Å²) < 4.78 is 6.00. The van der Waals surface area contributed by atoms with Gasteiger partial charge in [-0.25, -0.2) is 0 Å². The third-order valence-electron chi connectivity index (χ3n) is 7.15. The monoisotopic (exact) mass is 494 g/mol. The standard InChI is InChI=1S/C27H31ClN4OS/c28-23-8-3-5-20(17-23)11-12-26(33)29-18-21-6-4-7-22(21)19-31-13-15-32(16-14-31)27-24-9-1-2-10-25(24)34-30-27/h1-3,5,8-12,17,21-22H,4,6-7,13-16,18-19H2,(H,29,33)/t21-,22-/m1/s1. The number of amides is 1. The van der Waals surface area contributed by atoms with E-state index in [1.54, 1.807) is 17.6 Å². The number of piperazine rings is 1. The fraction of sp³-hybridized carbons (Fsp3) is 0.407. The SMILES string of the molecule is O=C(C=Cc1cccc(Cl)c1)NC[C@H]1CCC[C@@H]1CN1CCN(c2nsc3ccccc23)CC1. The van der Waals surface area contributed by atoms with Gasteiger partial charge in [0.25, 0.3) is 0 Å². The summed E-state index contributed by atoms with van der Waals surface area (Å²) in [5.41, 5.74) is 0.936. The van der Waals surface area contributed by atoms with Gasteiger partial charge in [-0.2, -0.15) is 4.37 Å². The molecule has 2 heterocycles. The third-order valence-corrected chi connectivity index (χ3v) is 8.21. The zero-order valence-corrected chi connectivity index (χ0v) is 20.9. The Morgan fingerprint density at radius 2 is 1.91 bits per heavy atom. The average molecular weight is 495 g/mol. The summed E-state index contributed by atoms with van der Waals surface area (Å²) in [6, 6.07) is 16.0. The Kier molecular flexibility index (Phi) is 7.48. The van der Waals surface area contributed by atoms with Crippen molar-refractivity contribution >= 4 is 51.0 Å². The minimum atomic E-state index is -0.0327. The molecule has 2 fully saturated rings. The number of halogens is 1. The molecule has 34 heavy (non-hydrogen) atoms. The second-order valence-electron chi connectivity index (χ2n) is 9.37. The molecule has 1 N–H and O–H groups in total. The van der Waals surface area contributed by atoms with Crippen molar-refractivity contribution in [3.63, 3.8) is 0 Å². The van der Waals surface area contributed by atoms with Crippen LogP contribution in [0.2, 0.25) is 5.02 Å². The number of benzene rings is 2. The number of aromatic nitrogens is 1. The average Bonchev–Trinajstić information content (AvgIpc) is 3.49. The number of hydrogen-bond acceptors (Lipinski definition) is 5. The molecule has 1 saturated heterocycles. The predicted octanol–water partition coefficient (Wildman–Crippen LogP) is 5.32. The van der Waals surface area contributed by atoms with Crippen molar-refractivity contribution in [2.75, 3.05) is 44.2 Å². The molecule has 178 valence electrons. The molecular weight excluding hydrogens is 464 g/mol. The lowest BCUT2D eigenvalue weighted by Gasteiger charge is -2.37. The summed E-state index contributed by atoms with van der Waals surface area (Å²) >= 11 is 7.61. The van der Waals surface area contributed by atoms with E-state index in [4.69, 9.17) is 16.0 Å². The Morgan fingerprint density at radius 1 is 1.09 bits per heavy atom. The van der Waals surface area contributed by atoms with E-state index in [1.165, 1.54) is 29.3 Å². The van der Waals surface area contributed by atoms with E-state index in [0.29, 0.717) is 16.9 Å². The summed E-state index contributed by atoms with van der Waals surface area (Å²) in [5, 5.41) is 5.08. The Hall–Kier alpha value is -2.41. The van der Waals surface area contributed by atoms with E-state index in [0.717, 1.165) is 50.6 Å². The van der Waals surface area contributed by atoms with Crippen molar-refractivity contribution < 1.29 is 4.79 Å². The van der Waals surface area contributed by atoms with Crippen molar-refractivity contribution in [1.82, 2.24) is 14.6 Å². The second-order valence-corrected chi connectivity index (χ2v) is 10.6. The Balaban J connectivity index is 1.09. The number of anilines is 1. The molecule has 7 heteroatoms. The molecule has 0 spiro atoms. The van der Waals surface area contributed by atoms with Crippen LogP contribution in [0.25, 0.3) is 16.2 Å². The first kappa shape index (κ1) is 23.3. The molecule has 1 amide bonds. The van der Waals surface area contributed by atoms with Crippen LogP contribution in [0.15, 0.2) is 54.6 Å². The lowest BCUT2D eigenvalue weighted by Crippen LogP contribution is -2.48. The molecule has 5 rings (SSSR count). The molecule has 3 aromatic rings. The first-order chi connectivity index (χ1) is 16.7. The van der Waals surface area contributed by atoms with Gasteiger partial charge in [0, 0.05) is 55.8 Å². The van der Waals surface area contributed by atoms with E-state index in [9.17, 15) is 4.79 Å². The van der Waals surface area contributed by atoms with Gasteiger partial charge in [-0.05, 0) is 72.1 Å². The number of carbonyl (C=O) groups excluding carboxylic acids is 1. The van der Waals surface area contributed by atoms with Crippen LogP contribution in [-0.2, 0) is 4.79 Å². The maximum Gasteiger partial charge on any atom is 0.244 e. The molecule has 1 aliphatic heterocycles. The third kappa shape index (κ3) is 5.62. The van der Waals surface area contributed by atoms with E-state index < -0.39 is 0 Å². The molecule has 2 aromatic carbocycles. The zero-order valence-electron chi connectivity index (χ0n) is 19.3. The van der Waals surface area contributed by atoms with Gasteiger partial charge in [0.15, 0.2) is 0 Å². The van der Waals surface area contributed by atoms with Crippen LogP contribution in [-0.4, -0.2) is 54.4 Å². The van der Waals surface area contributed by atoms with E-state index in [1.807, 2.05) is 30.3 Å². The smallest absolute Gasteiger partial charge is 0.244 e. The summed E-state index contributed by atoms with van der Waals surface area (Å²) in [4.78, 5) is 17.4. The summed E-state index contributed by atoms with van der Waals surface area (Å²) in [7, 11) is 0. The first-order valence-corrected chi connectivity index (χ1v) is 13.3. The summed E-state index contributed by atoms with van der Waals surface area (Å²) in [6.45, 7) is 6.08. The minimum Gasteiger partial charge on any atom is -0.353 e. The number of carbonyl (C=O) groups is 1. The van der Waals surface area contributed by atoms with Gasteiger partial charge in [0.2, 0.25) is 5.91 Å². The van der Waals surface area contributed by atoms with E-state index in [-0.39, 0.29) is 5.91 Å². The van der Waals surface area contributed by atoms with Crippen molar-refractivity contribution in [2.45, 2.75) is 19.3 Å². The Labute approximate surface area is 210 Å². The van der Waals surface area contributed by atoms with Crippen LogP contribution in [0, 0.1) is 11.8 Å². The van der Waals surface area contributed by atoms with Crippen LogP contribution in [0.1, 0.15) is 24.8 Å². The zero-order chi connectivity index (χ0) is 23.3. The number of rotatable bonds is 7. The fourth-order valence-electron chi connectivity index (χ4n) is 5.27. The van der Waals surface area contributed by atoms with Crippen LogP contribution in [0.4, 0.5) is 5.82 Å². The first-order valence-electron chi connectivity index (χ1n) is 12.2. The Bertz CT molecular complexity index is 1150. The van der Waals surface area contributed by atoms with Gasteiger partial charge < -0.3 is 10.2 Å². The second kappa shape index (κ2) is 10.9. The van der Waals surface area contributed by atoms with Gasteiger partial charge in [-0.1, -0.05) is 42.3 Å². The van der Waals surface area contributed by atoms with Crippen LogP contribution >= 0.6 is 23.1 Å². The van der Waals surface area contributed by atoms with Crippen molar-refractivity contribution in [3.8, 4) is 0 Å². The molecule has 0 bridgehead atoms. The largest absolute Gasteiger partial charge is 0.353 e. The van der Waals surface area contributed by atoms with Gasteiger partial charge in [0.1, 0.15) is 5.82 Å². The molecule has 2 atom stereocenters. The van der Waals surface area contributed by atoms with Gasteiger partial charge in [-0.3, -0.25) is 9.69 Å². The van der Waals surface area contributed by atoms with E-state index in [2.05, 4.69) is 39.4 Å². The summed E-state index contributed by atoms with van der Waals surface area (Å²) in [6.07, 6.45) is 7.15. The molecule has 1 aromatic heterocycles. The molecule has 0 radical (unpaired) electrons. The quantitative estimate of drug-likeness (QED) is 0.452. The van der Waals surface area contributed by atoms with Gasteiger partial charge >= 0.3 is 0 Å². The Morgan fingerprint density at radius 3 is 2.76 bits per heavy atom. The highest BCUT2D eigenvalue weighted by Crippen LogP contribution is 2.33. The lowest BCUT2D eigenvalue weighted by molar-refractivity contribution is -0.116. The highest BCUT2D eigenvalue weighted by atomic mass is 35.5. The minimum absolute atomic E-state index is 0.0327. The molecule has 1 saturated carbocycles. The number of fused-ring (bicyclic) bond motifs is 1. The van der Waals surface area contributed by atoms with Gasteiger partial charge in [-0.15, -0.1) is 0 Å². The van der Waals surface area contributed by atoms with Gasteiger partial charge in [0.05, 0.1) is 4.70 Å². The molecule has 2 aliphatic rings. The molecule has 1 aliphatic carbocycles. The van der Waals surface area contributed by atoms with Crippen LogP contribution in [0.3, 0.4) is 0 Å². The molecule has 0 unspecified atom stereocenters. The maximum atomic E-state index is 12.3. The summed E-state index contributed by atoms with van der Waals surface area (Å²) in [5.74, 6) is 2.33. The highest BCUT2D eigenvalue weighted by Gasteiger charge is 2.30. The lowest BCUT2D eigenvalue weighted by atomic mass is 9.95. The van der Waals surface area contributed by atoms with Crippen LogP contribution in [0.5, 0.6) is 0 Å². The van der Waals surface area contributed by atoms with Crippen molar-refractivity contribution in [3.05, 3.63) is 65.2 Å². The normalized spacial score (nSPS) is 21.5. The topological polar surface area (TPSA) is 48.5 Å². The van der Waals surface area contributed by atoms with E-state index >= 15 is 0 Å². The van der Waals surface area contributed by atoms with Crippen molar-refractivity contribution in [2.24, 2.45) is 11.8 Å². The van der Waals surface area contributed by atoms with Crippen molar-refractivity contribution in [1.29, 1.82) is 0 Å². The highest BCUT2D eigenvalue weighted by molar-refractivity contribution is 7.13. The maximum absolute atomic E-state index is 12.3. The molecule has 5 nitrogen and oxygen atoms in total.